The van der Waals surface area contributed by atoms with E-state index in [4.69, 9.17) is 9.47 Å². The highest BCUT2D eigenvalue weighted by Gasteiger charge is 2.01. The van der Waals surface area contributed by atoms with Crippen LogP contribution in [0.1, 0.15) is 24.0 Å². The van der Waals surface area contributed by atoms with Gasteiger partial charge in [0.25, 0.3) is 0 Å². The molecular weight excluding hydrogens is 332 g/mol. The van der Waals surface area contributed by atoms with E-state index in [-0.39, 0.29) is 11.5 Å². The second-order valence-corrected chi connectivity index (χ2v) is 5.63. The van der Waals surface area contributed by atoms with Crippen LogP contribution >= 0.6 is 0 Å². The topological polar surface area (TPSA) is 83.6 Å². The van der Waals surface area contributed by atoms with Crippen molar-refractivity contribution in [2.45, 2.75) is 12.8 Å². The Morgan fingerprint density at radius 2 is 1.19 bits per heavy atom. The summed E-state index contributed by atoms with van der Waals surface area (Å²) in [5.74, 6) is 1.72. The first-order chi connectivity index (χ1) is 12.6. The molecule has 0 spiro atoms. The van der Waals surface area contributed by atoms with Crippen LogP contribution in [-0.2, 0) is 0 Å². The van der Waals surface area contributed by atoms with Gasteiger partial charge in [-0.25, -0.2) is 0 Å². The third-order valence-corrected chi connectivity index (χ3v) is 3.75. The lowest BCUT2D eigenvalue weighted by molar-refractivity contribution is 0.412. The van der Waals surface area contributed by atoms with E-state index in [2.05, 4.69) is 9.98 Å². The van der Waals surface area contributed by atoms with Gasteiger partial charge in [-0.1, -0.05) is 0 Å². The summed E-state index contributed by atoms with van der Waals surface area (Å²) in [6, 6.07) is 10.1. The zero-order valence-electron chi connectivity index (χ0n) is 15.1. The maximum Gasteiger partial charge on any atom is 0.124 e. The number of rotatable bonds is 9. The van der Waals surface area contributed by atoms with Gasteiger partial charge >= 0.3 is 0 Å². The summed E-state index contributed by atoms with van der Waals surface area (Å²) in [6.07, 6.45) is 5.05. The fourth-order valence-corrected chi connectivity index (χ4v) is 2.26. The first-order valence-corrected chi connectivity index (χ1v) is 8.37. The van der Waals surface area contributed by atoms with E-state index in [0.717, 1.165) is 12.8 Å². The third kappa shape index (κ3) is 5.81. The Kier molecular flexibility index (Phi) is 7.49. The first-order valence-electron chi connectivity index (χ1n) is 8.37. The predicted molar refractivity (Wildman–Crippen MR) is 103 cm³/mol. The SMILES string of the molecule is COc1ccc(O)c(C=NCCCCN=Cc2cc(OC)ccc2O)c1. The smallest absolute Gasteiger partial charge is 0.124 e. The van der Waals surface area contributed by atoms with Crippen molar-refractivity contribution in [3.8, 4) is 23.0 Å². The summed E-state index contributed by atoms with van der Waals surface area (Å²) in [4.78, 5) is 8.64. The summed E-state index contributed by atoms with van der Waals surface area (Å²) in [7, 11) is 3.16. The third-order valence-electron chi connectivity index (χ3n) is 3.75. The number of benzene rings is 2. The molecular formula is C20H24N2O4. The van der Waals surface area contributed by atoms with Crippen molar-refractivity contribution in [1.29, 1.82) is 0 Å². The Hall–Kier alpha value is -3.02. The lowest BCUT2D eigenvalue weighted by Crippen LogP contribution is -1.91. The Balaban J connectivity index is 1.74. The summed E-state index contributed by atoms with van der Waals surface area (Å²) in [5.41, 5.74) is 1.27. The van der Waals surface area contributed by atoms with Gasteiger partial charge in [-0.15, -0.1) is 0 Å². The average molecular weight is 356 g/mol. The van der Waals surface area contributed by atoms with E-state index < -0.39 is 0 Å². The molecule has 2 rings (SSSR count). The van der Waals surface area contributed by atoms with Gasteiger partial charge in [0.1, 0.15) is 23.0 Å². The molecule has 2 N–H and O–H groups in total. The monoisotopic (exact) mass is 356 g/mol. The molecule has 0 amide bonds. The number of aliphatic imine (C=N–C) groups is 2. The number of methoxy groups -OCH3 is 2. The molecule has 0 heterocycles. The van der Waals surface area contributed by atoms with Gasteiger partial charge < -0.3 is 19.7 Å². The molecule has 2 aromatic rings. The van der Waals surface area contributed by atoms with Gasteiger partial charge in [-0.2, -0.15) is 0 Å². The molecule has 138 valence electrons. The average Bonchev–Trinajstić information content (AvgIpc) is 2.66. The molecule has 0 saturated heterocycles. The number of hydrogen-bond acceptors (Lipinski definition) is 6. The van der Waals surface area contributed by atoms with Crippen LogP contribution in [0.4, 0.5) is 0 Å². The molecule has 6 nitrogen and oxygen atoms in total. The zero-order valence-corrected chi connectivity index (χ0v) is 15.1. The largest absolute Gasteiger partial charge is 0.507 e. The number of phenolic OH excluding ortho intramolecular Hbond substituents is 2. The fraction of sp³-hybridized carbons (Fsp3) is 0.300. The molecule has 0 aliphatic carbocycles. The predicted octanol–water partition coefficient (Wildman–Crippen LogP) is 3.43. The van der Waals surface area contributed by atoms with Crippen LogP contribution in [-0.4, -0.2) is 50.0 Å². The standard InChI is InChI=1S/C20H24N2O4/c1-25-17-5-7-19(23)15(11-17)13-21-9-3-4-10-22-14-16-12-18(26-2)6-8-20(16)24/h5-8,11-14,23-24H,3-4,9-10H2,1-2H3. The second kappa shape index (κ2) is 10.1. The van der Waals surface area contributed by atoms with Crippen molar-refractivity contribution < 1.29 is 19.7 Å². The van der Waals surface area contributed by atoms with Crippen LogP contribution in [0.25, 0.3) is 0 Å². The van der Waals surface area contributed by atoms with Crippen molar-refractivity contribution in [1.82, 2.24) is 0 Å². The van der Waals surface area contributed by atoms with Gasteiger partial charge in [0.05, 0.1) is 14.2 Å². The van der Waals surface area contributed by atoms with Gasteiger partial charge in [-0.3, -0.25) is 9.98 Å². The minimum atomic E-state index is 0.178. The van der Waals surface area contributed by atoms with E-state index in [0.29, 0.717) is 35.7 Å². The van der Waals surface area contributed by atoms with Crippen molar-refractivity contribution in [3.05, 3.63) is 47.5 Å². The maximum atomic E-state index is 9.78. The maximum absolute atomic E-state index is 9.78. The second-order valence-electron chi connectivity index (χ2n) is 5.63. The molecule has 0 aromatic heterocycles. The number of unbranched alkanes of at least 4 members (excludes halogenated alkanes) is 1. The van der Waals surface area contributed by atoms with E-state index >= 15 is 0 Å². The minimum absolute atomic E-state index is 0.178. The molecule has 0 atom stereocenters. The highest BCUT2D eigenvalue weighted by molar-refractivity contribution is 5.84. The minimum Gasteiger partial charge on any atom is -0.507 e. The van der Waals surface area contributed by atoms with Crippen molar-refractivity contribution in [3.63, 3.8) is 0 Å². The van der Waals surface area contributed by atoms with Crippen molar-refractivity contribution >= 4 is 12.4 Å². The number of phenols is 2. The lowest BCUT2D eigenvalue weighted by atomic mass is 10.2. The van der Waals surface area contributed by atoms with Crippen molar-refractivity contribution in [2.75, 3.05) is 27.3 Å². The normalized spacial score (nSPS) is 11.3. The van der Waals surface area contributed by atoms with Gasteiger partial charge in [0, 0.05) is 36.6 Å². The quantitative estimate of drug-likeness (QED) is 0.532. The molecule has 0 bridgehead atoms. The van der Waals surface area contributed by atoms with Crippen LogP contribution in [0, 0.1) is 0 Å². The molecule has 0 saturated carbocycles. The fourth-order valence-electron chi connectivity index (χ4n) is 2.26. The zero-order chi connectivity index (χ0) is 18.8. The van der Waals surface area contributed by atoms with Crippen LogP contribution in [0.2, 0.25) is 0 Å². The molecule has 0 aliphatic heterocycles. The molecule has 26 heavy (non-hydrogen) atoms. The summed E-state index contributed by atoms with van der Waals surface area (Å²) in [6.45, 7) is 1.30. The van der Waals surface area contributed by atoms with Gasteiger partial charge in [0.2, 0.25) is 0 Å². The Labute approximate surface area is 153 Å². The van der Waals surface area contributed by atoms with Gasteiger partial charge in [0.15, 0.2) is 0 Å². The lowest BCUT2D eigenvalue weighted by Gasteiger charge is -2.03. The van der Waals surface area contributed by atoms with Crippen LogP contribution in [0.3, 0.4) is 0 Å². The molecule has 0 radical (unpaired) electrons. The van der Waals surface area contributed by atoms with Crippen LogP contribution < -0.4 is 9.47 Å². The molecule has 0 fully saturated rings. The first kappa shape index (κ1) is 19.3. The van der Waals surface area contributed by atoms with E-state index in [9.17, 15) is 10.2 Å². The van der Waals surface area contributed by atoms with Gasteiger partial charge in [-0.05, 0) is 49.2 Å². The molecule has 2 aromatic carbocycles. The highest BCUT2D eigenvalue weighted by atomic mass is 16.5. The van der Waals surface area contributed by atoms with Crippen LogP contribution in [0.15, 0.2) is 46.4 Å². The summed E-state index contributed by atoms with van der Waals surface area (Å²) < 4.78 is 10.3. The van der Waals surface area contributed by atoms with E-state index in [1.165, 1.54) is 0 Å². The highest BCUT2D eigenvalue weighted by Crippen LogP contribution is 2.22. The molecule has 6 heteroatoms. The number of hydrogen-bond donors (Lipinski definition) is 2. The summed E-state index contributed by atoms with van der Waals surface area (Å²) >= 11 is 0. The number of ether oxygens (including phenoxy) is 2. The van der Waals surface area contributed by atoms with Crippen LogP contribution in [0.5, 0.6) is 23.0 Å². The van der Waals surface area contributed by atoms with Crippen molar-refractivity contribution in [2.24, 2.45) is 9.98 Å². The number of aromatic hydroxyl groups is 2. The molecule has 0 unspecified atom stereocenters. The summed E-state index contributed by atoms with van der Waals surface area (Å²) in [5, 5.41) is 19.6. The van der Waals surface area contributed by atoms with E-state index in [1.54, 1.807) is 63.0 Å². The number of nitrogens with zero attached hydrogens (tertiary/aromatic N) is 2. The molecule has 0 aliphatic rings. The Morgan fingerprint density at radius 1 is 0.769 bits per heavy atom. The Bertz CT molecular complexity index is 707. The van der Waals surface area contributed by atoms with E-state index in [1.807, 2.05) is 0 Å². The Morgan fingerprint density at radius 3 is 1.58 bits per heavy atom.